The van der Waals surface area contributed by atoms with Gasteiger partial charge in [0, 0.05) is 16.5 Å². The summed E-state index contributed by atoms with van der Waals surface area (Å²) in [6.07, 6.45) is 0.284. The van der Waals surface area contributed by atoms with Crippen LogP contribution in [0.15, 0.2) is 30.3 Å². The summed E-state index contributed by atoms with van der Waals surface area (Å²) < 4.78 is 16.1. The van der Waals surface area contributed by atoms with E-state index in [-0.39, 0.29) is 25.1 Å². The number of rotatable bonds is 1. The quantitative estimate of drug-likeness (QED) is 0.592. The van der Waals surface area contributed by atoms with Crippen molar-refractivity contribution in [2.75, 3.05) is 6.79 Å². The molecule has 4 nitrogen and oxygen atoms in total. The first-order valence-corrected chi connectivity index (χ1v) is 7.40. The van der Waals surface area contributed by atoms with Gasteiger partial charge in [-0.15, -0.1) is 0 Å². The number of ether oxygens (including phenoxy) is 3. The van der Waals surface area contributed by atoms with Gasteiger partial charge in [-0.25, -0.2) is 0 Å². The van der Waals surface area contributed by atoms with E-state index < -0.39 is 0 Å². The van der Waals surface area contributed by atoms with Gasteiger partial charge in [-0.3, -0.25) is 4.79 Å². The molecule has 22 heavy (non-hydrogen) atoms. The molecule has 0 saturated carbocycles. The Balaban J connectivity index is 1.83. The van der Waals surface area contributed by atoms with Crippen molar-refractivity contribution in [2.24, 2.45) is 0 Å². The highest BCUT2D eigenvalue weighted by molar-refractivity contribution is 6.31. The molecule has 0 N–H and O–H groups in total. The van der Waals surface area contributed by atoms with Crippen LogP contribution in [0, 0.1) is 6.92 Å². The number of carbonyl (C=O) groups is 1. The zero-order chi connectivity index (χ0) is 15.3. The lowest BCUT2D eigenvalue weighted by molar-refractivity contribution is -0.135. The summed E-state index contributed by atoms with van der Waals surface area (Å²) in [4.78, 5) is 11.9. The van der Waals surface area contributed by atoms with Crippen molar-refractivity contribution >= 4 is 17.6 Å². The van der Waals surface area contributed by atoms with Gasteiger partial charge in [-0.2, -0.15) is 0 Å². The first-order valence-electron chi connectivity index (χ1n) is 7.02. The molecular weight excluding hydrogens is 304 g/mol. The molecule has 5 heteroatoms. The summed E-state index contributed by atoms with van der Waals surface area (Å²) in [5.41, 5.74) is 2.80. The molecule has 112 valence electrons. The van der Waals surface area contributed by atoms with E-state index in [2.05, 4.69) is 0 Å². The van der Waals surface area contributed by atoms with Crippen molar-refractivity contribution in [1.82, 2.24) is 0 Å². The number of aryl methyl sites for hydroxylation is 1. The molecule has 0 spiro atoms. The Kier molecular flexibility index (Phi) is 3.01. The molecule has 0 radical (unpaired) electrons. The fourth-order valence-corrected chi connectivity index (χ4v) is 3.07. The molecule has 1 atom stereocenters. The molecule has 4 rings (SSSR count). The lowest BCUT2D eigenvalue weighted by Crippen LogP contribution is -2.21. The maximum atomic E-state index is 11.9. The standard InChI is InChI=1S/C17H13ClO4/c1-9-4-15-12(6-13(9)18)11(7-17(19)22-15)10-2-3-14-16(5-10)21-8-20-14/h2-6,11H,7-8H2,1H3. The van der Waals surface area contributed by atoms with Crippen molar-refractivity contribution in [1.29, 1.82) is 0 Å². The molecule has 0 aromatic heterocycles. The molecule has 2 heterocycles. The van der Waals surface area contributed by atoms with E-state index in [1.807, 2.05) is 37.3 Å². The van der Waals surface area contributed by atoms with Crippen LogP contribution in [0.25, 0.3) is 0 Å². The van der Waals surface area contributed by atoms with E-state index in [9.17, 15) is 4.79 Å². The minimum absolute atomic E-state index is 0.0937. The number of hydrogen-bond acceptors (Lipinski definition) is 4. The molecule has 0 aliphatic carbocycles. The molecular formula is C17H13ClO4. The molecule has 2 aliphatic heterocycles. The molecule has 2 aromatic carbocycles. The van der Waals surface area contributed by atoms with Crippen molar-refractivity contribution in [3.8, 4) is 17.2 Å². The van der Waals surface area contributed by atoms with E-state index in [4.69, 9.17) is 25.8 Å². The van der Waals surface area contributed by atoms with Crippen molar-refractivity contribution in [3.63, 3.8) is 0 Å². The van der Waals surface area contributed by atoms with Gasteiger partial charge >= 0.3 is 5.97 Å². The molecule has 0 fully saturated rings. The smallest absolute Gasteiger partial charge is 0.312 e. The van der Waals surface area contributed by atoms with Crippen LogP contribution < -0.4 is 14.2 Å². The summed E-state index contributed by atoms with van der Waals surface area (Å²) >= 11 is 6.24. The highest BCUT2D eigenvalue weighted by atomic mass is 35.5. The van der Waals surface area contributed by atoms with Gasteiger partial charge < -0.3 is 14.2 Å². The Bertz CT molecular complexity index is 784. The average Bonchev–Trinajstić information content (AvgIpc) is 2.95. The van der Waals surface area contributed by atoms with E-state index in [1.165, 1.54) is 0 Å². The Morgan fingerprint density at radius 3 is 2.77 bits per heavy atom. The van der Waals surface area contributed by atoms with Gasteiger partial charge in [0.1, 0.15) is 5.75 Å². The third-order valence-electron chi connectivity index (χ3n) is 4.06. The monoisotopic (exact) mass is 316 g/mol. The third kappa shape index (κ3) is 2.11. The number of esters is 1. The SMILES string of the molecule is Cc1cc2c(cc1Cl)C(c1ccc3c(c1)OCO3)CC(=O)O2. The van der Waals surface area contributed by atoms with Crippen molar-refractivity contribution in [3.05, 3.63) is 52.0 Å². The second kappa shape index (κ2) is 4.92. The van der Waals surface area contributed by atoms with E-state index in [1.54, 1.807) is 0 Å². The van der Waals surface area contributed by atoms with Gasteiger partial charge in [-0.1, -0.05) is 17.7 Å². The minimum atomic E-state index is -0.239. The lowest BCUT2D eigenvalue weighted by Gasteiger charge is -2.25. The summed E-state index contributed by atoms with van der Waals surface area (Å²) in [6.45, 7) is 2.12. The Labute approximate surface area is 132 Å². The fraction of sp³-hybridized carbons (Fsp3) is 0.235. The first kappa shape index (κ1) is 13.5. The predicted molar refractivity (Wildman–Crippen MR) is 80.8 cm³/mol. The van der Waals surface area contributed by atoms with Crippen LogP contribution in [0.1, 0.15) is 29.0 Å². The maximum absolute atomic E-state index is 11.9. The van der Waals surface area contributed by atoms with Crippen LogP contribution >= 0.6 is 11.6 Å². The van der Waals surface area contributed by atoms with E-state index in [0.717, 1.165) is 22.4 Å². The van der Waals surface area contributed by atoms with Gasteiger partial charge in [0.25, 0.3) is 0 Å². The van der Waals surface area contributed by atoms with Crippen LogP contribution in [-0.4, -0.2) is 12.8 Å². The largest absolute Gasteiger partial charge is 0.454 e. The predicted octanol–water partition coefficient (Wildman–Crippen LogP) is 3.82. The molecule has 2 aromatic rings. The highest BCUT2D eigenvalue weighted by Gasteiger charge is 2.30. The third-order valence-corrected chi connectivity index (χ3v) is 4.47. The van der Waals surface area contributed by atoms with Crippen LogP contribution in [0.5, 0.6) is 17.2 Å². The second-order valence-electron chi connectivity index (χ2n) is 5.48. The van der Waals surface area contributed by atoms with Crippen molar-refractivity contribution in [2.45, 2.75) is 19.3 Å². The molecule has 0 saturated heterocycles. The van der Waals surface area contributed by atoms with Gasteiger partial charge in [0.05, 0.1) is 6.42 Å². The zero-order valence-corrected chi connectivity index (χ0v) is 12.6. The second-order valence-corrected chi connectivity index (χ2v) is 5.89. The number of fused-ring (bicyclic) bond motifs is 2. The Morgan fingerprint density at radius 2 is 1.91 bits per heavy atom. The van der Waals surface area contributed by atoms with Crippen LogP contribution in [-0.2, 0) is 4.79 Å². The van der Waals surface area contributed by atoms with Crippen LogP contribution in [0.2, 0.25) is 5.02 Å². The fourth-order valence-electron chi connectivity index (χ4n) is 2.90. The summed E-state index contributed by atoms with van der Waals surface area (Å²) in [5.74, 6) is 1.68. The number of benzene rings is 2. The molecule has 0 amide bonds. The minimum Gasteiger partial charge on any atom is -0.454 e. The average molecular weight is 317 g/mol. The zero-order valence-electron chi connectivity index (χ0n) is 11.9. The topological polar surface area (TPSA) is 44.8 Å². The number of hydrogen-bond donors (Lipinski definition) is 0. The molecule has 2 aliphatic rings. The number of carbonyl (C=O) groups excluding carboxylic acids is 1. The van der Waals surface area contributed by atoms with Gasteiger partial charge in [-0.05, 0) is 42.3 Å². The molecule has 0 bridgehead atoms. The number of halogens is 1. The molecule has 1 unspecified atom stereocenters. The van der Waals surface area contributed by atoms with Crippen molar-refractivity contribution < 1.29 is 19.0 Å². The van der Waals surface area contributed by atoms with Crippen LogP contribution in [0.4, 0.5) is 0 Å². The van der Waals surface area contributed by atoms with Crippen LogP contribution in [0.3, 0.4) is 0 Å². The Hall–Kier alpha value is -2.20. The van der Waals surface area contributed by atoms with Gasteiger partial charge in [0.2, 0.25) is 6.79 Å². The highest BCUT2D eigenvalue weighted by Crippen LogP contribution is 2.43. The maximum Gasteiger partial charge on any atom is 0.312 e. The van der Waals surface area contributed by atoms with E-state index >= 15 is 0 Å². The summed E-state index contributed by atoms with van der Waals surface area (Å²) in [7, 11) is 0. The van der Waals surface area contributed by atoms with Gasteiger partial charge in [0.15, 0.2) is 11.5 Å². The Morgan fingerprint density at radius 1 is 1.09 bits per heavy atom. The summed E-state index contributed by atoms with van der Waals surface area (Å²) in [6, 6.07) is 9.44. The summed E-state index contributed by atoms with van der Waals surface area (Å²) in [5, 5.41) is 0.669. The normalized spacial score (nSPS) is 18.8. The van der Waals surface area contributed by atoms with E-state index in [0.29, 0.717) is 16.5 Å². The first-order chi connectivity index (χ1) is 10.6. The lowest BCUT2D eigenvalue weighted by atomic mass is 9.86.